The van der Waals surface area contributed by atoms with Gasteiger partial charge in [-0.2, -0.15) is 0 Å². The fraction of sp³-hybridized carbons (Fsp3) is 1.00. The molecule has 0 bridgehead atoms. The first kappa shape index (κ1) is 15.3. The average Bonchev–Trinajstić information content (AvgIpc) is 3.22. The number of nitrogens with one attached hydrogen (secondary N) is 1. The van der Waals surface area contributed by atoms with Gasteiger partial charge >= 0.3 is 0 Å². The molecule has 0 aromatic rings. The molecule has 1 aliphatic heterocycles. The highest BCUT2D eigenvalue weighted by atomic mass is 15.3. The highest BCUT2D eigenvalue weighted by Gasteiger charge is 2.26. The molecule has 0 spiro atoms. The molecular weight excluding hydrogens is 234 g/mol. The second kappa shape index (κ2) is 8.23. The van der Waals surface area contributed by atoms with Gasteiger partial charge in [0, 0.05) is 38.8 Å². The maximum Gasteiger partial charge on any atom is 0.0110 e. The summed E-state index contributed by atoms with van der Waals surface area (Å²) in [5.74, 6) is 1.05. The first-order valence-corrected chi connectivity index (χ1v) is 8.46. The van der Waals surface area contributed by atoms with E-state index < -0.39 is 0 Å². The molecule has 2 rings (SSSR count). The van der Waals surface area contributed by atoms with Gasteiger partial charge in [0.05, 0.1) is 0 Å². The monoisotopic (exact) mass is 267 g/mol. The molecule has 1 N–H and O–H groups in total. The van der Waals surface area contributed by atoms with Crippen LogP contribution < -0.4 is 5.32 Å². The molecule has 2 aliphatic rings. The van der Waals surface area contributed by atoms with Gasteiger partial charge in [0.2, 0.25) is 0 Å². The smallest absolute Gasteiger partial charge is 0.0110 e. The molecular formula is C16H33N3. The fourth-order valence-electron chi connectivity index (χ4n) is 2.97. The molecule has 19 heavy (non-hydrogen) atoms. The summed E-state index contributed by atoms with van der Waals surface area (Å²) in [5.41, 5.74) is 0. The molecule has 112 valence electrons. The van der Waals surface area contributed by atoms with Crippen molar-refractivity contribution >= 4 is 0 Å². The van der Waals surface area contributed by atoms with Crippen LogP contribution in [0.3, 0.4) is 0 Å². The van der Waals surface area contributed by atoms with Crippen LogP contribution in [0.4, 0.5) is 0 Å². The van der Waals surface area contributed by atoms with Crippen molar-refractivity contribution in [2.24, 2.45) is 5.92 Å². The minimum Gasteiger partial charge on any atom is -0.314 e. The SMILES string of the molecule is CCCNC(C)CCCN1CCN(CC2CC2)CC1. The highest BCUT2D eigenvalue weighted by molar-refractivity contribution is 4.80. The van der Waals surface area contributed by atoms with Crippen LogP contribution in [-0.4, -0.2) is 61.7 Å². The zero-order chi connectivity index (χ0) is 13.5. The zero-order valence-corrected chi connectivity index (χ0v) is 13.0. The van der Waals surface area contributed by atoms with Crippen LogP contribution in [0, 0.1) is 5.92 Å². The Hall–Kier alpha value is -0.120. The van der Waals surface area contributed by atoms with Crippen molar-refractivity contribution < 1.29 is 0 Å². The van der Waals surface area contributed by atoms with Crippen LogP contribution >= 0.6 is 0 Å². The van der Waals surface area contributed by atoms with Crippen molar-refractivity contribution in [1.29, 1.82) is 0 Å². The van der Waals surface area contributed by atoms with Gasteiger partial charge in [-0.05, 0) is 58.0 Å². The highest BCUT2D eigenvalue weighted by Crippen LogP contribution is 2.29. The van der Waals surface area contributed by atoms with E-state index in [1.165, 1.54) is 77.9 Å². The minimum atomic E-state index is 0.691. The second-order valence-corrected chi connectivity index (χ2v) is 6.58. The lowest BCUT2D eigenvalue weighted by Gasteiger charge is -2.34. The van der Waals surface area contributed by atoms with E-state index >= 15 is 0 Å². The third kappa shape index (κ3) is 6.24. The molecule has 0 radical (unpaired) electrons. The Labute approximate surface area is 119 Å². The van der Waals surface area contributed by atoms with Crippen LogP contribution in [0.15, 0.2) is 0 Å². The summed E-state index contributed by atoms with van der Waals surface area (Å²) in [5, 5.41) is 3.58. The third-order valence-corrected chi connectivity index (χ3v) is 4.53. The molecule has 3 nitrogen and oxygen atoms in total. The predicted molar refractivity (Wildman–Crippen MR) is 82.6 cm³/mol. The zero-order valence-electron chi connectivity index (χ0n) is 13.0. The van der Waals surface area contributed by atoms with Crippen molar-refractivity contribution in [1.82, 2.24) is 15.1 Å². The molecule has 1 atom stereocenters. The Kier molecular flexibility index (Phi) is 6.62. The van der Waals surface area contributed by atoms with Gasteiger partial charge in [0.25, 0.3) is 0 Å². The number of nitrogens with zero attached hydrogens (tertiary/aromatic N) is 2. The molecule has 1 saturated heterocycles. The van der Waals surface area contributed by atoms with Crippen molar-refractivity contribution in [3.05, 3.63) is 0 Å². The van der Waals surface area contributed by atoms with Crippen molar-refractivity contribution in [3.63, 3.8) is 0 Å². The number of hydrogen-bond donors (Lipinski definition) is 1. The molecule has 3 heteroatoms. The normalized spacial score (nSPS) is 23.7. The first-order chi connectivity index (χ1) is 9.28. The molecule has 1 aliphatic carbocycles. The second-order valence-electron chi connectivity index (χ2n) is 6.58. The van der Waals surface area contributed by atoms with Crippen LogP contribution in [-0.2, 0) is 0 Å². The predicted octanol–water partition coefficient (Wildman–Crippen LogP) is 2.18. The van der Waals surface area contributed by atoms with Gasteiger partial charge in [-0.1, -0.05) is 6.92 Å². The quantitative estimate of drug-likeness (QED) is 0.691. The van der Waals surface area contributed by atoms with E-state index in [-0.39, 0.29) is 0 Å². The van der Waals surface area contributed by atoms with E-state index in [4.69, 9.17) is 0 Å². The summed E-state index contributed by atoms with van der Waals surface area (Å²) in [7, 11) is 0. The van der Waals surface area contributed by atoms with E-state index in [0.717, 1.165) is 5.92 Å². The summed E-state index contributed by atoms with van der Waals surface area (Å²) in [6.45, 7) is 13.6. The topological polar surface area (TPSA) is 18.5 Å². The van der Waals surface area contributed by atoms with E-state index in [9.17, 15) is 0 Å². The molecule has 1 heterocycles. The van der Waals surface area contributed by atoms with Crippen molar-refractivity contribution in [2.75, 3.05) is 45.8 Å². The van der Waals surface area contributed by atoms with Crippen molar-refractivity contribution in [3.8, 4) is 0 Å². The summed E-state index contributed by atoms with van der Waals surface area (Å²) in [4.78, 5) is 5.34. The lowest BCUT2D eigenvalue weighted by Crippen LogP contribution is -2.47. The fourth-order valence-corrected chi connectivity index (χ4v) is 2.97. The van der Waals surface area contributed by atoms with Crippen molar-refractivity contribution in [2.45, 2.75) is 52.0 Å². The summed E-state index contributed by atoms with van der Waals surface area (Å²) in [6, 6.07) is 0.691. The van der Waals surface area contributed by atoms with Gasteiger partial charge in [-0.25, -0.2) is 0 Å². The molecule has 1 unspecified atom stereocenters. The third-order valence-electron chi connectivity index (χ3n) is 4.53. The van der Waals surface area contributed by atoms with Gasteiger partial charge in [-0.15, -0.1) is 0 Å². The lowest BCUT2D eigenvalue weighted by atomic mass is 10.1. The number of piperazine rings is 1. The Morgan fingerprint density at radius 3 is 2.42 bits per heavy atom. The maximum absolute atomic E-state index is 3.58. The molecule has 0 aromatic carbocycles. The minimum absolute atomic E-state index is 0.691. The summed E-state index contributed by atoms with van der Waals surface area (Å²) in [6.07, 6.45) is 6.89. The Balaban J connectivity index is 1.48. The van der Waals surface area contributed by atoms with E-state index in [1.54, 1.807) is 0 Å². The summed E-state index contributed by atoms with van der Waals surface area (Å²) >= 11 is 0. The molecule has 2 fully saturated rings. The van der Waals surface area contributed by atoms with Gasteiger partial charge in [0.1, 0.15) is 0 Å². The first-order valence-electron chi connectivity index (χ1n) is 8.46. The number of rotatable bonds is 9. The van der Waals surface area contributed by atoms with E-state index in [1.807, 2.05) is 0 Å². The van der Waals surface area contributed by atoms with E-state index in [0.29, 0.717) is 6.04 Å². The average molecular weight is 267 g/mol. The van der Waals surface area contributed by atoms with Crippen LogP contribution in [0.25, 0.3) is 0 Å². The van der Waals surface area contributed by atoms with Gasteiger partial charge < -0.3 is 15.1 Å². The summed E-state index contributed by atoms with van der Waals surface area (Å²) < 4.78 is 0. The van der Waals surface area contributed by atoms with Gasteiger partial charge in [-0.3, -0.25) is 0 Å². The Bertz CT molecular complexity index is 232. The largest absolute Gasteiger partial charge is 0.314 e. The molecule has 1 saturated carbocycles. The van der Waals surface area contributed by atoms with Gasteiger partial charge in [0.15, 0.2) is 0 Å². The van der Waals surface area contributed by atoms with Crippen LogP contribution in [0.5, 0.6) is 0 Å². The molecule has 0 amide bonds. The lowest BCUT2D eigenvalue weighted by molar-refractivity contribution is 0.126. The number of hydrogen-bond acceptors (Lipinski definition) is 3. The van der Waals surface area contributed by atoms with Crippen LogP contribution in [0.2, 0.25) is 0 Å². The van der Waals surface area contributed by atoms with E-state index in [2.05, 4.69) is 29.0 Å². The Morgan fingerprint density at radius 2 is 1.79 bits per heavy atom. The standard InChI is InChI=1S/C16H33N3/c1-3-8-17-15(2)5-4-9-18-10-12-19(13-11-18)14-16-6-7-16/h15-17H,3-14H2,1-2H3. The van der Waals surface area contributed by atoms with Crippen LogP contribution in [0.1, 0.15) is 46.0 Å². The maximum atomic E-state index is 3.58. The Morgan fingerprint density at radius 1 is 1.11 bits per heavy atom. The molecule has 0 aromatic heterocycles.